The van der Waals surface area contributed by atoms with Gasteiger partial charge in [0.2, 0.25) is 5.91 Å². The molecule has 0 bridgehead atoms. The topological polar surface area (TPSA) is 64.3 Å². The lowest BCUT2D eigenvalue weighted by Gasteiger charge is -2.51. The summed E-state index contributed by atoms with van der Waals surface area (Å²) in [6, 6.07) is 0.251. The van der Waals surface area contributed by atoms with E-state index in [0.717, 1.165) is 32.3 Å². The minimum absolute atomic E-state index is 0.0487. The van der Waals surface area contributed by atoms with Crippen LogP contribution in [0.1, 0.15) is 59.8 Å². The Morgan fingerprint density at radius 2 is 2.10 bits per heavy atom. The van der Waals surface area contributed by atoms with Gasteiger partial charge in [0.1, 0.15) is 0 Å². The Bertz CT molecular complexity index is 305. The van der Waals surface area contributed by atoms with E-state index in [1.54, 1.807) is 0 Å². The van der Waals surface area contributed by atoms with E-state index in [2.05, 4.69) is 26.1 Å². The van der Waals surface area contributed by atoms with Crippen LogP contribution in [-0.4, -0.2) is 31.2 Å². The van der Waals surface area contributed by atoms with E-state index in [1.165, 1.54) is 0 Å². The summed E-state index contributed by atoms with van der Waals surface area (Å²) in [4.78, 5) is 12.0. The van der Waals surface area contributed by atoms with Gasteiger partial charge in [-0.2, -0.15) is 0 Å². The molecular weight excluding hydrogens is 252 g/mol. The fourth-order valence-electron chi connectivity index (χ4n) is 3.00. The Hall–Kier alpha value is -0.610. The number of amides is 1. The van der Waals surface area contributed by atoms with E-state index in [-0.39, 0.29) is 23.5 Å². The highest BCUT2D eigenvalue weighted by Gasteiger charge is 2.49. The normalized spacial score (nSPS) is 25.9. The van der Waals surface area contributed by atoms with Gasteiger partial charge in [-0.3, -0.25) is 4.79 Å². The van der Waals surface area contributed by atoms with Gasteiger partial charge in [0.15, 0.2) is 0 Å². The van der Waals surface area contributed by atoms with Crippen molar-refractivity contribution in [2.45, 2.75) is 71.9 Å². The van der Waals surface area contributed by atoms with Gasteiger partial charge in [0, 0.05) is 24.5 Å². The molecule has 1 fully saturated rings. The van der Waals surface area contributed by atoms with Crippen LogP contribution in [0.4, 0.5) is 0 Å². The predicted molar refractivity (Wildman–Crippen MR) is 82.4 cm³/mol. The Kier molecular flexibility index (Phi) is 6.96. The number of nitrogens with one attached hydrogen (secondary N) is 1. The van der Waals surface area contributed by atoms with E-state index in [9.17, 15) is 4.79 Å². The zero-order chi connectivity index (χ0) is 15.2. The van der Waals surface area contributed by atoms with Gasteiger partial charge in [0.05, 0.1) is 6.10 Å². The van der Waals surface area contributed by atoms with Gasteiger partial charge in [0.25, 0.3) is 0 Å². The summed E-state index contributed by atoms with van der Waals surface area (Å²) in [5.74, 6) is 0.754. The van der Waals surface area contributed by atoms with Crippen LogP contribution in [0, 0.1) is 11.3 Å². The van der Waals surface area contributed by atoms with Gasteiger partial charge >= 0.3 is 0 Å². The summed E-state index contributed by atoms with van der Waals surface area (Å²) >= 11 is 0. The van der Waals surface area contributed by atoms with E-state index < -0.39 is 0 Å². The maximum atomic E-state index is 12.0. The summed E-state index contributed by atoms with van der Waals surface area (Å²) in [7, 11) is 0. The summed E-state index contributed by atoms with van der Waals surface area (Å²) in [5, 5.41) is 3.17. The number of rotatable bonds is 9. The Labute approximate surface area is 123 Å². The molecule has 1 aliphatic carbocycles. The lowest BCUT2D eigenvalue weighted by Crippen LogP contribution is -2.62. The summed E-state index contributed by atoms with van der Waals surface area (Å²) in [5.41, 5.74) is 5.64. The van der Waals surface area contributed by atoms with Crippen molar-refractivity contribution in [3.05, 3.63) is 0 Å². The first-order valence-corrected chi connectivity index (χ1v) is 8.06. The molecule has 0 aromatic heterocycles. The van der Waals surface area contributed by atoms with Gasteiger partial charge in [-0.25, -0.2) is 0 Å². The number of hydrogen-bond donors (Lipinski definition) is 2. The molecule has 3 atom stereocenters. The van der Waals surface area contributed by atoms with E-state index >= 15 is 0 Å². The molecule has 3 N–H and O–H groups in total. The maximum absolute atomic E-state index is 12.0. The average Bonchev–Trinajstić information content (AvgIpc) is 2.42. The molecule has 0 spiro atoms. The van der Waals surface area contributed by atoms with Crippen LogP contribution in [-0.2, 0) is 9.53 Å². The molecule has 118 valence electrons. The molecule has 0 aliphatic heterocycles. The maximum Gasteiger partial charge on any atom is 0.220 e. The number of carbonyl (C=O) groups excluding carboxylic acids is 1. The first kappa shape index (κ1) is 17.4. The molecule has 1 saturated carbocycles. The van der Waals surface area contributed by atoms with Crippen LogP contribution in [0.2, 0.25) is 0 Å². The first-order valence-electron chi connectivity index (χ1n) is 8.06. The van der Waals surface area contributed by atoms with Crippen LogP contribution in [0.25, 0.3) is 0 Å². The highest BCUT2D eigenvalue weighted by molar-refractivity contribution is 5.76. The number of nitrogens with two attached hydrogens (primary N) is 1. The first-order chi connectivity index (χ1) is 9.45. The molecule has 1 aliphatic rings. The Morgan fingerprint density at radius 1 is 1.40 bits per heavy atom. The molecule has 3 unspecified atom stereocenters. The zero-order valence-electron chi connectivity index (χ0n) is 13.6. The molecule has 1 amide bonds. The fourth-order valence-corrected chi connectivity index (χ4v) is 3.00. The molecule has 20 heavy (non-hydrogen) atoms. The fraction of sp³-hybridized carbons (Fsp3) is 0.938. The molecule has 0 radical (unpaired) electrons. The zero-order valence-corrected chi connectivity index (χ0v) is 13.6. The highest BCUT2D eigenvalue weighted by Crippen LogP contribution is 2.42. The molecule has 0 aromatic rings. The van der Waals surface area contributed by atoms with E-state index in [0.29, 0.717) is 18.9 Å². The lowest BCUT2D eigenvalue weighted by molar-refractivity contribution is -0.136. The van der Waals surface area contributed by atoms with Crippen LogP contribution in [0.3, 0.4) is 0 Å². The second kappa shape index (κ2) is 7.99. The number of carbonyl (C=O) groups is 1. The van der Waals surface area contributed by atoms with Crippen molar-refractivity contribution >= 4 is 5.91 Å². The van der Waals surface area contributed by atoms with Crippen molar-refractivity contribution in [2.75, 3.05) is 13.2 Å². The quantitative estimate of drug-likeness (QED) is 0.683. The second-order valence-corrected chi connectivity index (χ2v) is 6.51. The number of hydrogen-bond acceptors (Lipinski definition) is 3. The largest absolute Gasteiger partial charge is 0.378 e. The van der Waals surface area contributed by atoms with Crippen molar-refractivity contribution in [1.29, 1.82) is 0 Å². The van der Waals surface area contributed by atoms with Crippen molar-refractivity contribution < 1.29 is 9.53 Å². The van der Waals surface area contributed by atoms with Gasteiger partial charge in [-0.05, 0) is 38.6 Å². The van der Waals surface area contributed by atoms with Crippen molar-refractivity contribution in [2.24, 2.45) is 17.1 Å². The van der Waals surface area contributed by atoms with Crippen molar-refractivity contribution in [3.63, 3.8) is 0 Å². The monoisotopic (exact) mass is 284 g/mol. The van der Waals surface area contributed by atoms with Gasteiger partial charge in [-0.15, -0.1) is 0 Å². The Balaban J connectivity index is 2.30. The van der Waals surface area contributed by atoms with Crippen LogP contribution >= 0.6 is 0 Å². The van der Waals surface area contributed by atoms with Crippen molar-refractivity contribution in [3.8, 4) is 0 Å². The van der Waals surface area contributed by atoms with Crippen LogP contribution in [0.5, 0.6) is 0 Å². The van der Waals surface area contributed by atoms with Crippen molar-refractivity contribution in [1.82, 2.24) is 5.32 Å². The third-order valence-corrected chi connectivity index (χ3v) is 4.81. The standard InChI is InChI=1S/C16H32N2O2/c1-5-12(9-10-17)7-8-15(19)18-13-11-14(20-6-2)16(13,3)4/h12-14H,5-11,17H2,1-4H3,(H,18,19). The van der Waals surface area contributed by atoms with E-state index in [4.69, 9.17) is 10.5 Å². The Morgan fingerprint density at radius 3 is 2.60 bits per heavy atom. The SMILES string of the molecule is CCOC1CC(NC(=O)CCC(CC)CCN)C1(C)C. The average molecular weight is 284 g/mol. The lowest BCUT2D eigenvalue weighted by atomic mass is 9.64. The molecule has 0 aromatic carbocycles. The third-order valence-electron chi connectivity index (χ3n) is 4.81. The highest BCUT2D eigenvalue weighted by atomic mass is 16.5. The molecule has 4 heteroatoms. The van der Waals surface area contributed by atoms with Crippen LogP contribution in [0.15, 0.2) is 0 Å². The molecule has 0 saturated heterocycles. The third kappa shape index (κ3) is 4.45. The van der Waals surface area contributed by atoms with Gasteiger partial charge < -0.3 is 15.8 Å². The molecule has 1 rings (SSSR count). The van der Waals surface area contributed by atoms with Gasteiger partial charge in [-0.1, -0.05) is 27.2 Å². The minimum Gasteiger partial charge on any atom is -0.378 e. The minimum atomic E-state index is 0.0487. The van der Waals surface area contributed by atoms with E-state index in [1.807, 2.05) is 6.92 Å². The predicted octanol–water partition coefficient (Wildman–Crippen LogP) is 2.46. The smallest absolute Gasteiger partial charge is 0.220 e. The molecule has 0 heterocycles. The van der Waals surface area contributed by atoms with Crippen LogP contribution < -0.4 is 11.1 Å². The summed E-state index contributed by atoms with van der Waals surface area (Å²) in [6.07, 6.45) is 4.90. The molecule has 4 nitrogen and oxygen atoms in total. The number of ether oxygens (including phenoxy) is 1. The molecular formula is C16H32N2O2. The second-order valence-electron chi connectivity index (χ2n) is 6.51. The summed E-state index contributed by atoms with van der Waals surface area (Å²) < 4.78 is 5.69. The summed E-state index contributed by atoms with van der Waals surface area (Å²) in [6.45, 7) is 9.98.